The van der Waals surface area contributed by atoms with Crippen LogP contribution in [0, 0.1) is 0 Å². The second kappa shape index (κ2) is 5.66. The van der Waals surface area contributed by atoms with Crippen molar-refractivity contribution in [2.24, 2.45) is 0 Å². The van der Waals surface area contributed by atoms with E-state index in [1.54, 1.807) is 35.9 Å². The molecule has 0 spiro atoms. The van der Waals surface area contributed by atoms with Crippen molar-refractivity contribution in [1.29, 1.82) is 0 Å². The molecule has 4 aromatic rings. The summed E-state index contributed by atoms with van der Waals surface area (Å²) >= 11 is 0. The molecule has 0 aliphatic heterocycles. The molecule has 6 heteroatoms. The maximum absolute atomic E-state index is 12.3. The third-order valence-electron chi connectivity index (χ3n) is 3.81. The van der Waals surface area contributed by atoms with Crippen molar-refractivity contribution in [3.05, 3.63) is 66.4 Å². The first kappa shape index (κ1) is 14.2. The van der Waals surface area contributed by atoms with E-state index in [1.165, 1.54) is 0 Å². The number of nitrogens with one attached hydrogen (secondary N) is 1. The maximum Gasteiger partial charge on any atom is 0.258 e. The summed E-state index contributed by atoms with van der Waals surface area (Å²) in [5.41, 5.74) is 1.22. The van der Waals surface area contributed by atoms with Crippen molar-refractivity contribution in [3.8, 4) is 5.75 Å². The zero-order chi connectivity index (χ0) is 16.5. The third kappa shape index (κ3) is 2.44. The summed E-state index contributed by atoms with van der Waals surface area (Å²) in [6, 6.07) is 16.7. The molecule has 6 nitrogen and oxygen atoms in total. The van der Waals surface area contributed by atoms with E-state index in [1.807, 2.05) is 36.5 Å². The van der Waals surface area contributed by atoms with E-state index in [4.69, 9.17) is 4.74 Å². The van der Waals surface area contributed by atoms with Crippen LogP contribution in [0.2, 0.25) is 0 Å². The lowest BCUT2D eigenvalue weighted by atomic mass is 10.2. The highest BCUT2D eigenvalue weighted by atomic mass is 16.5. The molecule has 0 saturated heterocycles. The highest BCUT2D eigenvalue weighted by Crippen LogP contribution is 2.19. The molecule has 0 saturated carbocycles. The van der Waals surface area contributed by atoms with Crippen molar-refractivity contribution in [1.82, 2.24) is 14.6 Å². The van der Waals surface area contributed by atoms with Gasteiger partial charge in [0.1, 0.15) is 5.75 Å². The molecule has 2 heterocycles. The predicted octanol–water partition coefficient (Wildman–Crippen LogP) is 3.14. The van der Waals surface area contributed by atoms with Crippen LogP contribution in [0.1, 0.15) is 10.4 Å². The molecular weight excluding hydrogens is 304 g/mol. The van der Waals surface area contributed by atoms with Crippen molar-refractivity contribution in [2.75, 3.05) is 12.4 Å². The van der Waals surface area contributed by atoms with E-state index < -0.39 is 0 Å². The molecule has 4 rings (SSSR count). The Morgan fingerprint density at radius 3 is 2.67 bits per heavy atom. The first-order valence-corrected chi connectivity index (χ1v) is 7.44. The molecule has 1 N–H and O–H groups in total. The van der Waals surface area contributed by atoms with Gasteiger partial charge >= 0.3 is 0 Å². The van der Waals surface area contributed by atoms with Gasteiger partial charge in [0, 0.05) is 17.1 Å². The molecule has 0 radical (unpaired) electrons. The van der Waals surface area contributed by atoms with E-state index in [0.29, 0.717) is 17.0 Å². The average molecular weight is 318 g/mol. The lowest BCUT2D eigenvalue weighted by molar-refractivity contribution is 0.102. The number of amides is 1. The summed E-state index contributed by atoms with van der Waals surface area (Å²) < 4.78 is 6.75. The van der Waals surface area contributed by atoms with Crippen LogP contribution in [0.4, 0.5) is 5.95 Å². The monoisotopic (exact) mass is 318 g/mol. The zero-order valence-electron chi connectivity index (χ0n) is 12.9. The number of fused-ring (bicyclic) bond motifs is 3. The number of methoxy groups -OCH3 is 1. The number of carbonyl (C=O) groups excluding carboxylic acids is 1. The lowest BCUT2D eigenvalue weighted by Gasteiger charge is -2.02. The highest BCUT2D eigenvalue weighted by molar-refractivity contribution is 6.03. The minimum absolute atomic E-state index is 0.266. The zero-order valence-corrected chi connectivity index (χ0v) is 12.9. The molecular formula is C18H14N4O2. The summed E-state index contributed by atoms with van der Waals surface area (Å²) in [6.07, 6.45) is 1.83. The normalized spacial score (nSPS) is 10.9. The Kier molecular flexibility index (Phi) is 3.35. The van der Waals surface area contributed by atoms with Gasteiger partial charge in [-0.1, -0.05) is 24.3 Å². The maximum atomic E-state index is 12.3. The van der Waals surface area contributed by atoms with E-state index in [0.717, 1.165) is 10.8 Å². The van der Waals surface area contributed by atoms with Gasteiger partial charge in [-0.2, -0.15) is 4.98 Å². The van der Waals surface area contributed by atoms with Gasteiger partial charge in [0.05, 0.1) is 7.11 Å². The van der Waals surface area contributed by atoms with Crippen LogP contribution in [0.25, 0.3) is 16.4 Å². The summed E-state index contributed by atoms with van der Waals surface area (Å²) in [4.78, 5) is 16.7. The molecule has 24 heavy (non-hydrogen) atoms. The van der Waals surface area contributed by atoms with Gasteiger partial charge in [0.2, 0.25) is 5.95 Å². The minimum atomic E-state index is -0.266. The quantitative estimate of drug-likeness (QED) is 0.630. The van der Waals surface area contributed by atoms with Gasteiger partial charge in [0.25, 0.3) is 5.91 Å². The number of nitrogens with zero attached hydrogens (tertiary/aromatic N) is 3. The van der Waals surface area contributed by atoms with Gasteiger partial charge in [-0.3, -0.25) is 10.1 Å². The number of carbonyl (C=O) groups is 1. The molecule has 118 valence electrons. The molecule has 2 aromatic carbocycles. The molecule has 0 aliphatic rings. The number of anilines is 1. The van der Waals surface area contributed by atoms with Crippen LogP contribution in [-0.2, 0) is 0 Å². The van der Waals surface area contributed by atoms with E-state index in [9.17, 15) is 4.79 Å². The van der Waals surface area contributed by atoms with Crippen molar-refractivity contribution >= 4 is 28.3 Å². The highest BCUT2D eigenvalue weighted by Gasteiger charge is 2.11. The first-order chi connectivity index (χ1) is 11.7. The van der Waals surface area contributed by atoms with Gasteiger partial charge in [0.15, 0.2) is 5.65 Å². The molecule has 0 aliphatic carbocycles. The lowest BCUT2D eigenvalue weighted by Crippen LogP contribution is -2.12. The topological polar surface area (TPSA) is 68.5 Å². The number of pyridine rings is 1. The van der Waals surface area contributed by atoms with Gasteiger partial charge in [-0.15, -0.1) is 5.10 Å². The third-order valence-corrected chi connectivity index (χ3v) is 3.81. The Hall–Kier alpha value is -3.41. The second-order valence-electron chi connectivity index (χ2n) is 5.29. The van der Waals surface area contributed by atoms with Crippen molar-refractivity contribution in [3.63, 3.8) is 0 Å². The first-order valence-electron chi connectivity index (χ1n) is 7.44. The average Bonchev–Trinajstić information content (AvgIpc) is 3.04. The number of hydrogen-bond donors (Lipinski definition) is 1. The van der Waals surface area contributed by atoms with Crippen LogP contribution < -0.4 is 10.1 Å². The number of rotatable bonds is 3. The number of hydrogen-bond acceptors (Lipinski definition) is 4. The molecule has 1 amide bonds. The Labute approximate surface area is 137 Å². The van der Waals surface area contributed by atoms with Crippen LogP contribution in [0.5, 0.6) is 5.75 Å². The number of aromatic nitrogens is 3. The smallest absolute Gasteiger partial charge is 0.258 e. The van der Waals surface area contributed by atoms with E-state index in [2.05, 4.69) is 15.4 Å². The number of ether oxygens (including phenoxy) is 1. The molecule has 0 atom stereocenters. The molecule has 0 unspecified atom stereocenters. The minimum Gasteiger partial charge on any atom is -0.497 e. The van der Waals surface area contributed by atoms with Gasteiger partial charge < -0.3 is 4.74 Å². The van der Waals surface area contributed by atoms with Crippen LogP contribution in [0.3, 0.4) is 0 Å². The standard InChI is InChI=1S/C18H14N4O2/c1-24-14-8-6-13(7-9-14)17(23)20-18-19-16-15-5-3-2-4-12(15)10-11-22(16)21-18/h2-11H,1H3,(H,20,21,23). The predicted molar refractivity (Wildman–Crippen MR) is 91.4 cm³/mol. The van der Waals surface area contributed by atoms with Crippen LogP contribution >= 0.6 is 0 Å². The van der Waals surface area contributed by atoms with E-state index in [-0.39, 0.29) is 11.9 Å². The fraction of sp³-hybridized carbons (Fsp3) is 0.0556. The summed E-state index contributed by atoms with van der Waals surface area (Å²) in [5, 5.41) is 9.10. The summed E-state index contributed by atoms with van der Waals surface area (Å²) in [6.45, 7) is 0. The SMILES string of the molecule is COc1ccc(C(=O)Nc2nc3c4ccccc4ccn3n2)cc1. The fourth-order valence-electron chi connectivity index (χ4n) is 2.58. The molecule has 0 bridgehead atoms. The molecule has 0 fully saturated rings. The van der Waals surface area contributed by atoms with Crippen LogP contribution in [0.15, 0.2) is 60.8 Å². The Bertz CT molecular complexity index is 1040. The van der Waals surface area contributed by atoms with Crippen molar-refractivity contribution < 1.29 is 9.53 Å². The fourth-order valence-corrected chi connectivity index (χ4v) is 2.58. The van der Waals surface area contributed by atoms with Crippen molar-refractivity contribution in [2.45, 2.75) is 0 Å². The second-order valence-corrected chi connectivity index (χ2v) is 5.29. The molecule has 2 aromatic heterocycles. The van der Waals surface area contributed by atoms with Gasteiger partial charge in [-0.05, 0) is 35.7 Å². The van der Waals surface area contributed by atoms with Gasteiger partial charge in [-0.25, -0.2) is 4.52 Å². The Morgan fingerprint density at radius 2 is 1.88 bits per heavy atom. The Balaban J connectivity index is 1.66. The summed E-state index contributed by atoms with van der Waals surface area (Å²) in [5.74, 6) is 0.703. The largest absolute Gasteiger partial charge is 0.497 e. The summed E-state index contributed by atoms with van der Waals surface area (Å²) in [7, 11) is 1.58. The number of benzene rings is 2. The Morgan fingerprint density at radius 1 is 1.08 bits per heavy atom. The van der Waals surface area contributed by atoms with E-state index >= 15 is 0 Å². The van der Waals surface area contributed by atoms with Crippen LogP contribution in [-0.4, -0.2) is 27.6 Å².